The van der Waals surface area contributed by atoms with Crippen LogP contribution in [0.3, 0.4) is 0 Å². The van der Waals surface area contributed by atoms with E-state index in [9.17, 15) is 15.1 Å². The van der Waals surface area contributed by atoms with Gasteiger partial charge in [0.05, 0.1) is 12.1 Å². The molecule has 0 aliphatic heterocycles. The summed E-state index contributed by atoms with van der Waals surface area (Å²) >= 11 is 0. The highest BCUT2D eigenvalue weighted by Gasteiger charge is 2.23. The Kier molecular flexibility index (Phi) is 6.23. The summed E-state index contributed by atoms with van der Waals surface area (Å²) < 4.78 is 8.02. The number of hydrogen-bond donors (Lipinski definition) is 1. The van der Waals surface area contributed by atoms with Gasteiger partial charge in [0.15, 0.2) is 0 Å². The Morgan fingerprint density at radius 2 is 1.62 bits per heavy atom. The molecule has 6 heteroatoms. The van der Waals surface area contributed by atoms with Gasteiger partial charge in [0.2, 0.25) is 5.52 Å². The summed E-state index contributed by atoms with van der Waals surface area (Å²) in [5, 5.41) is 23.8. The van der Waals surface area contributed by atoms with Crippen LogP contribution < -0.4 is 15.0 Å². The molecule has 0 radical (unpaired) electrons. The van der Waals surface area contributed by atoms with Gasteiger partial charge in [-0.05, 0) is 35.7 Å². The van der Waals surface area contributed by atoms with Crippen LogP contribution in [0.25, 0.3) is 22.3 Å². The molecule has 0 aliphatic carbocycles. The highest BCUT2D eigenvalue weighted by atomic mass is 16.5. The molecule has 164 valence electrons. The molecule has 0 unspecified atom stereocenters. The zero-order valence-corrected chi connectivity index (χ0v) is 18.1. The van der Waals surface area contributed by atoms with Crippen LogP contribution in [0.2, 0.25) is 0 Å². The van der Waals surface area contributed by atoms with Gasteiger partial charge in [0.25, 0.3) is 5.69 Å². The van der Waals surface area contributed by atoms with Crippen molar-refractivity contribution in [3.8, 4) is 17.0 Å². The average Bonchev–Trinajstić information content (AvgIpc) is 2.81. The fourth-order valence-electron chi connectivity index (χ4n) is 3.87. The maximum atomic E-state index is 13.3. The van der Waals surface area contributed by atoms with Crippen LogP contribution in [-0.2, 0) is 6.54 Å². The number of hydrogen-bond acceptors (Lipinski definition) is 4. The van der Waals surface area contributed by atoms with Gasteiger partial charge in [0, 0.05) is 6.07 Å². The van der Waals surface area contributed by atoms with Gasteiger partial charge in [-0.25, -0.2) is 0 Å². The third kappa shape index (κ3) is 4.22. The van der Waals surface area contributed by atoms with Gasteiger partial charge >= 0.3 is 5.56 Å². The highest BCUT2D eigenvalue weighted by Crippen LogP contribution is 2.26. The van der Waals surface area contributed by atoms with Crippen molar-refractivity contribution in [2.24, 2.45) is 0 Å². The summed E-state index contributed by atoms with van der Waals surface area (Å²) in [6, 6.07) is 23.5. The van der Waals surface area contributed by atoms with E-state index >= 15 is 0 Å². The van der Waals surface area contributed by atoms with Gasteiger partial charge < -0.3 is 15.1 Å². The minimum atomic E-state index is -0.942. The van der Waals surface area contributed by atoms with Crippen LogP contribution in [0.5, 0.6) is 5.75 Å². The van der Waals surface area contributed by atoms with Crippen molar-refractivity contribution >= 4 is 11.0 Å². The monoisotopic (exact) mass is 430 g/mol. The van der Waals surface area contributed by atoms with Gasteiger partial charge in [-0.1, -0.05) is 62.4 Å². The molecule has 6 nitrogen and oxygen atoms in total. The number of aromatic nitrogens is 2. The minimum Gasteiger partial charge on any atom is -0.618 e. The summed E-state index contributed by atoms with van der Waals surface area (Å²) in [7, 11) is 0. The predicted octanol–water partition coefficient (Wildman–Crippen LogP) is 3.87. The summed E-state index contributed by atoms with van der Waals surface area (Å²) in [4.78, 5) is 13.3. The minimum absolute atomic E-state index is 0.00384. The maximum absolute atomic E-state index is 13.3. The van der Waals surface area contributed by atoms with Crippen molar-refractivity contribution < 1.29 is 14.6 Å². The van der Waals surface area contributed by atoms with Crippen molar-refractivity contribution in [3.63, 3.8) is 0 Å². The van der Waals surface area contributed by atoms with Gasteiger partial charge in [0.1, 0.15) is 24.0 Å². The van der Waals surface area contributed by atoms with Gasteiger partial charge in [-0.2, -0.15) is 4.73 Å². The van der Waals surface area contributed by atoms with Gasteiger partial charge in [-0.3, -0.25) is 9.36 Å². The molecule has 4 aromatic rings. The van der Waals surface area contributed by atoms with E-state index in [-0.39, 0.29) is 24.8 Å². The largest absolute Gasteiger partial charge is 0.618 e. The second-order valence-electron chi connectivity index (χ2n) is 8.07. The molecule has 4 rings (SSSR count). The summed E-state index contributed by atoms with van der Waals surface area (Å²) in [6.07, 6.45) is -0.942. The molecule has 32 heavy (non-hydrogen) atoms. The Morgan fingerprint density at radius 3 is 2.38 bits per heavy atom. The standard InChI is InChI=1S/C26H26N2O4/c1-18(2)21-12-6-9-15-24(21)32-17-20(29)16-27-22-13-7-8-14-23(22)28(31)25(26(27)30)19-10-4-3-5-11-19/h3-15,18,20,29H,16-17H2,1-2H3/t20-/m1/s1. The van der Waals surface area contributed by atoms with Crippen molar-refractivity contribution in [1.29, 1.82) is 0 Å². The van der Waals surface area contributed by atoms with E-state index in [1.807, 2.05) is 30.3 Å². The molecule has 0 aliphatic rings. The van der Waals surface area contributed by atoms with E-state index in [0.29, 0.717) is 27.1 Å². The van der Waals surface area contributed by atoms with Crippen LogP contribution >= 0.6 is 0 Å². The summed E-state index contributed by atoms with van der Waals surface area (Å²) in [6.45, 7) is 4.19. The zero-order chi connectivity index (χ0) is 22.7. The average molecular weight is 431 g/mol. The van der Waals surface area contributed by atoms with E-state index in [0.717, 1.165) is 5.56 Å². The van der Waals surface area contributed by atoms with Crippen LogP contribution in [0.15, 0.2) is 83.7 Å². The molecule has 3 aromatic carbocycles. The van der Waals surface area contributed by atoms with Crippen LogP contribution in [0, 0.1) is 5.21 Å². The van der Waals surface area contributed by atoms with Gasteiger partial charge in [-0.15, -0.1) is 0 Å². The third-order valence-electron chi connectivity index (χ3n) is 5.45. The zero-order valence-electron chi connectivity index (χ0n) is 18.1. The molecular formula is C26H26N2O4. The van der Waals surface area contributed by atoms with Crippen molar-refractivity contribution in [3.05, 3.63) is 100.0 Å². The number of fused-ring (bicyclic) bond motifs is 1. The molecule has 1 atom stereocenters. The van der Waals surface area contributed by atoms with E-state index < -0.39 is 11.7 Å². The number of ether oxygens (including phenoxy) is 1. The smallest absolute Gasteiger partial charge is 0.325 e. The number of aliphatic hydroxyl groups is 1. The number of rotatable bonds is 7. The first-order valence-electron chi connectivity index (χ1n) is 10.7. The molecule has 0 spiro atoms. The van der Waals surface area contributed by atoms with Crippen molar-refractivity contribution in [1.82, 2.24) is 4.57 Å². The molecule has 1 N–H and O–H groups in total. The lowest BCUT2D eigenvalue weighted by Gasteiger charge is -2.19. The summed E-state index contributed by atoms with van der Waals surface area (Å²) in [5.41, 5.74) is 2.00. The van der Waals surface area contributed by atoms with Crippen molar-refractivity contribution in [2.75, 3.05) is 6.61 Å². The SMILES string of the molecule is CC(C)c1ccccc1OC[C@H](O)Cn1c(=O)c(-c2ccccc2)[n+]([O-])c2ccccc21. The lowest BCUT2D eigenvalue weighted by atomic mass is 10.0. The number of benzene rings is 3. The first-order chi connectivity index (χ1) is 15.5. The topological polar surface area (TPSA) is 78.4 Å². The maximum Gasteiger partial charge on any atom is 0.325 e. The van der Waals surface area contributed by atoms with Crippen LogP contribution in [0.1, 0.15) is 25.3 Å². The number of nitrogens with zero attached hydrogens (tertiary/aromatic N) is 2. The first kappa shape index (κ1) is 21.6. The normalized spacial score (nSPS) is 12.2. The Morgan fingerprint density at radius 1 is 0.969 bits per heavy atom. The Hall–Kier alpha value is -3.64. The molecule has 0 fully saturated rings. The molecule has 0 saturated heterocycles. The number of para-hydroxylation sites is 3. The lowest BCUT2D eigenvalue weighted by Crippen LogP contribution is -2.42. The van der Waals surface area contributed by atoms with E-state index in [2.05, 4.69) is 13.8 Å². The molecule has 1 heterocycles. The molecule has 0 amide bonds. The van der Waals surface area contributed by atoms with Crippen LogP contribution in [-0.4, -0.2) is 22.4 Å². The Bertz CT molecular complexity index is 1280. The molecule has 0 bridgehead atoms. The fourth-order valence-corrected chi connectivity index (χ4v) is 3.87. The first-order valence-corrected chi connectivity index (χ1v) is 10.7. The van der Waals surface area contributed by atoms with E-state index in [4.69, 9.17) is 4.74 Å². The second-order valence-corrected chi connectivity index (χ2v) is 8.07. The third-order valence-corrected chi connectivity index (χ3v) is 5.45. The molecule has 1 aromatic heterocycles. The summed E-state index contributed by atoms with van der Waals surface area (Å²) in [5.74, 6) is 0.999. The molecule has 0 saturated carbocycles. The van der Waals surface area contributed by atoms with Crippen LogP contribution in [0.4, 0.5) is 0 Å². The van der Waals surface area contributed by atoms with E-state index in [1.165, 1.54) is 4.57 Å². The number of aliphatic hydroxyl groups excluding tert-OH is 1. The second kappa shape index (κ2) is 9.24. The van der Waals surface area contributed by atoms with E-state index in [1.54, 1.807) is 48.5 Å². The lowest BCUT2D eigenvalue weighted by molar-refractivity contribution is -0.566. The predicted molar refractivity (Wildman–Crippen MR) is 125 cm³/mol. The Labute approximate surface area is 186 Å². The Balaban J connectivity index is 1.68. The quantitative estimate of drug-likeness (QED) is 0.357. The van der Waals surface area contributed by atoms with Crippen molar-refractivity contribution in [2.45, 2.75) is 32.4 Å². The molecular weight excluding hydrogens is 404 g/mol. The fraction of sp³-hybridized carbons (Fsp3) is 0.231. The highest BCUT2D eigenvalue weighted by molar-refractivity contribution is 5.73.